The largest absolute Gasteiger partial charge is 0.467 e. The number of rotatable bonds is 2. The van der Waals surface area contributed by atoms with Gasteiger partial charge in [-0.25, -0.2) is 0 Å². The summed E-state index contributed by atoms with van der Waals surface area (Å²) in [6, 6.07) is 6.04. The molecule has 0 aromatic carbocycles. The summed E-state index contributed by atoms with van der Waals surface area (Å²) in [4.78, 5) is 1.21. The van der Waals surface area contributed by atoms with Crippen molar-refractivity contribution in [2.45, 2.75) is 6.54 Å². The van der Waals surface area contributed by atoms with Gasteiger partial charge in [0.25, 0.3) is 0 Å². The van der Waals surface area contributed by atoms with Gasteiger partial charge in [-0.3, -0.25) is 0 Å². The van der Waals surface area contributed by atoms with E-state index in [1.165, 1.54) is 4.88 Å². The molecule has 0 aliphatic heterocycles. The molecule has 0 atom stereocenters. The van der Waals surface area contributed by atoms with Crippen molar-refractivity contribution >= 4 is 11.3 Å². The fourth-order valence-corrected chi connectivity index (χ4v) is 1.92. The number of furan rings is 1. The lowest BCUT2D eigenvalue weighted by atomic mass is 10.2. The first kappa shape index (κ1) is 7.58. The third-order valence-electron chi connectivity index (χ3n) is 1.72. The molecule has 0 bridgehead atoms. The first-order valence-corrected chi connectivity index (χ1v) is 4.60. The molecule has 2 rings (SSSR count). The number of nitrogens with two attached hydrogens (primary N) is 1. The zero-order valence-corrected chi connectivity index (χ0v) is 7.30. The lowest BCUT2D eigenvalue weighted by Crippen LogP contribution is -1.94. The highest BCUT2D eigenvalue weighted by atomic mass is 32.1. The van der Waals surface area contributed by atoms with Gasteiger partial charge in [-0.05, 0) is 17.5 Å². The van der Waals surface area contributed by atoms with E-state index in [1.54, 1.807) is 17.6 Å². The highest BCUT2D eigenvalue weighted by Crippen LogP contribution is 2.28. The van der Waals surface area contributed by atoms with Gasteiger partial charge in [-0.2, -0.15) is 0 Å². The molecule has 0 saturated heterocycles. The first-order chi connectivity index (χ1) is 5.92. The van der Waals surface area contributed by atoms with Crippen molar-refractivity contribution in [3.8, 4) is 10.4 Å². The molecule has 0 fully saturated rings. The molecule has 12 heavy (non-hydrogen) atoms. The average Bonchev–Trinajstić information content (AvgIpc) is 2.74. The van der Waals surface area contributed by atoms with Gasteiger partial charge in [0, 0.05) is 10.4 Å². The summed E-state index contributed by atoms with van der Waals surface area (Å²) in [5, 5.41) is 2.04. The minimum absolute atomic E-state index is 0.459. The Balaban J connectivity index is 2.46. The van der Waals surface area contributed by atoms with Gasteiger partial charge in [0.2, 0.25) is 0 Å². The molecule has 2 N–H and O–H groups in total. The Morgan fingerprint density at radius 1 is 1.42 bits per heavy atom. The van der Waals surface area contributed by atoms with Gasteiger partial charge in [-0.15, -0.1) is 11.3 Å². The molecule has 62 valence electrons. The van der Waals surface area contributed by atoms with Crippen LogP contribution < -0.4 is 5.73 Å². The molecular weight excluding hydrogens is 170 g/mol. The standard InChI is InChI=1S/C9H9NOS/c10-6-8-7(3-4-11-8)9-2-1-5-12-9/h1-5H,6,10H2. The van der Waals surface area contributed by atoms with E-state index in [9.17, 15) is 0 Å². The summed E-state index contributed by atoms with van der Waals surface area (Å²) in [6.45, 7) is 0.459. The van der Waals surface area contributed by atoms with Crippen molar-refractivity contribution in [2.24, 2.45) is 5.73 Å². The maximum absolute atomic E-state index is 5.51. The van der Waals surface area contributed by atoms with E-state index < -0.39 is 0 Å². The van der Waals surface area contributed by atoms with Crippen molar-refractivity contribution in [1.82, 2.24) is 0 Å². The Morgan fingerprint density at radius 3 is 3.00 bits per heavy atom. The van der Waals surface area contributed by atoms with Crippen LogP contribution in [0, 0.1) is 0 Å². The predicted octanol–water partition coefficient (Wildman–Crippen LogP) is 2.47. The fourth-order valence-electron chi connectivity index (χ4n) is 1.15. The summed E-state index contributed by atoms with van der Waals surface area (Å²) in [7, 11) is 0. The Labute approximate surface area is 74.6 Å². The zero-order chi connectivity index (χ0) is 8.39. The third-order valence-corrected chi connectivity index (χ3v) is 2.62. The maximum Gasteiger partial charge on any atom is 0.125 e. The van der Waals surface area contributed by atoms with E-state index in [-0.39, 0.29) is 0 Å². The zero-order valence-electron chi connectivity index (χ0n) is 6.49. The normalized spacial score (nSPS) is 10.4. The van der Waals surface area contributed by atoms with Gasteiger partial charge in [0.05, 0.1) is 12.8 Å². The molecule has 2 heterocycles. The molecule has 0 radical (unpaired) electrons. The molecule has 2 nitrogen and oxygen atoms in total. The smallest absolute Gasteiger partial charge is 0.125 e. The van der Waals surface area contributed by atoms with Crippen LogP contribution >= 0.6 is 11.3 Å². The molecule has 0 amide bonds. The van der Waals surface area contributed by atoms with E-state index in [0.29, 0.717) is 6.54 Å². The summed E-state index contributed by atoms with van der Waals surface area (Å²) < 4.78 is 5.22. The van der Waals surface area contributed by atoms with Gasteiger partial charge < -0.3 is 10.2 Å². The van der Waals surface area contributed by atoms with Crippen molar-refractivity contribution < 1.29 is 4.42 Å². The van der Waals surface area contributed by atoms with E-state index in [1.807, 2.05) is 17.5 Å². The van der Waals surface area contributed by atoms with Crippen LogP contribution in [0.2, 0.25) is 0 Å². The SMILES string of the molecule is NCc1occc1-c1cccs1. The van der Waals surface area contributed by atoms with Crippen LogP contribution in [0.1, 0.15) is 5.76 Å². The van der Waals surface area contributed by atoms with E-state index in [2.05, 4.69) is 6.07 Å². The fraction of sp³-hybridized carbons (Fsp3) is 0.111. The Hall–Kier alpha value is -1.06. The van der Waals surface area contributed by atoms with Crippen molar-refractivity contribution in [1.29, 1.82) is 0 Å². The van der Waals surface area contributed by atoms with Gasteiger partial charge in [-0.1, -0.05) is 6.07 Å². The second-order valence-corrected chi connectivity index (χ2v) is 3.39. The minimum Gasteiger partial charge on any atom is -0.467 e. The van der Waals surface area contributed by atoms with Crippen molar-refractivity contribution in [3.05, 3.63) is 35.6 Å². The van der Waals surface area contributed by atoms with Crippen LogP contribution in [-0.4, -0.2) is 0 Å². The molecule has 0 saturated carbocycles. The monoisotopic (exact) mass is 179 g/mol. The number of hydrogen-bond acceptors (Lipinski definition) is 3. The Kier molecular flexibility index (Phi) is 1.98. The summed E-state index contributed by atoms with van der Waals surface area (Å²) in [6.07, 6.45) is 1.68. The van der Waals surface area contributed by atoms with Crippen LogP contribution in [0.4, 0.5) is 0 Å². The summed E-state index contributed by atoms with van der Waals surface area (Å²) in [5.74, 6) is 0.859. The molecule has 3 heteroatoms. The van der Waals surface area contributed by atoms with Gasteiger partial charge in [0.15, 0.2) is 0 Å². The average molecular weight is 179 g/mol. The lowest BCUT2D eigenvalue weighted by Gasteiger charge is -1.94. The molecular formula is C9H9NOS. The quantitative estimate of drug-likeness (QED) is 0.769. The second-order valence-electron chi connectivity index (χ2n) is 2.44. The second kappa shape index (κ2) is 3.13. The molecule has 0 spiro atoms. The van der Waals surface area contributed by atoms with Crippen LogP contribution in [0.25, 0.3) is 10.4 Å². The van der Waals surface area contributed by atoms with Gasteiger partial charge in [0.1, 0.15) is 5.76 Å². The molecule has 0 aliphatic rings. The molecule has 0 unspecified atom stereocenters. The van der Waals surface area contributed by atoms with Crippen LogP contribution in [0.15, 0.2) is 34.3 Å². The lowest BCUT2D eigenvalue weighted by molar-refractivity contribution is 0.513. The molecule has 0 aliphatic carbocycles. The van der Waals surface area contributed by atoms with Crippen LogP contribution in [0.3, 0.4) is 0 Å². The van der Waals surface area contributed by atoms with Gasteiger partial charge >= 0.3 is 0 Å². The predicted molar refractivity (Wildman–Crippen MR) is 49.9 cm³/mol. The van der Waals surface area contributed by atoms with E-state index in [0.717, 1.165) is 11.3 Å². The van der Waals surface area contributed by atoms with E-state index >= 15 is 0 Å². The van der Waals surface area contributed by atoms with Crippen molar-refractivity contribution in [2.75, 3.05) is 0 Å². The first-order valence-electron chi connectivity index (χ1n) is 3.72. The number of thiophene rings is 1. The highest BCUT2D eigenvalue weighted by molar-refractivity contribution is 7.13. The maximum atomic E-state index is 5.51. The molecule has 2 aromatic heterocycles. The minimum atomic E-state index is 0.459. The Bertz CT molecular complexity index is 350. The Morgan fingerprint density at radius 2 is 2.33 bits per heavy atom. The summed E-state index contributed by atoms with van der Waals surface area (Å²) >= 11 is 1.69. The summed E-state index contributed by atoms with van der Waals surface area (Å²) in [5.41, 5.74) is 6.63. The van der Waals surface area contributed by atoms with Crippen LogP contribution in [0.5, 0.6) is 0 Å². The number of hydrogen-bond donors (Lipinski definition) is 1. The molecule has 2 aromatic rings. The third kappa shape index (κ3) is 1.17. The van der Waals surface area contributed by atoms with Crippen LogP contribution in [-0.2, 0) is 6.54 Å². The van der Waals surface area contributed by atoms with Crippen molar-refractivity contribution in [3.63, 3.8) is 0 Å². The topological polar surface area (TPSA) is 39.2 Å². The highest BCUT2D eigenvalue weighted by Gasteiger charge is 2.06. The van der Waals surface area contributed by atoms with E-state index in [4.69, 9.17) is 10.2 Å².